The Bertz CT molecular complexity index is 659. The maximum Gasteiger partial charge on any atom is 0.316 e. The summed E-state index contributed by atoms with van der Waals surface area (Å²) in [5.74, 6) is 0.0862. The van der Waals surface area contributed by atoms with Crippen molar-refractivity contribution in [2.75, 3.05) is 13.1 Å². The summed E-state index contributed by atoms with van der Waals surface area (Å²) in [6.45, 7) is 3.35. The first-order valence-electron chi connectivity index (χ1n) is 7.10. The molecule has 7 heteroatoms. The third-order valence-corrected chi connectivity index (χ3v) is 4.92. The first-order valence-corrected chi connectivity index (χ1v) is 8.77. The summed E-state index contributed by atoms with van der Waals surface area (Å²) in [6, 6.07) is 2.30. The van der Waals surface area contributed by atoms with Gasteiger partial charge in [-0.1, -0.05) is 0 Å². The highest BCUT2D eigenvalue weighted by Gasteiger charge is 2.26. The first kappa shape index (κ1) is 15.4. The van der Waals surface area contributed by atoms with Crippen LogP contribution in [0.25, 0.3) is 0 Å². The number of carbonyl (C=O) groups excluding carboxylic acids is 1. The molecule has 3 heterocycles. The number of aromatic nitrogens is 2. The van der Waals surface area contributed by atoms with E-state index in [0.717, 1.165) is 34.3 Å². The van der Waals surface area contributed by atoms with Gasteiger partial charge < -0.3 is 9.64 Å². The number of carbonyl (C=O) groups is 1. The minimum absolute atomic E-state index is 0.0556. The average Bonchev–Trinajstić information content (AvgIpc) is 2.96. The number of aryl methyl sites for hydroxylation is 1. The SMILES string of the molecule is Cc1csc(C(=O)N2CCC[C@@H](Oc3ncc(Br)cn3)C2)c1. The van der Waals surface area contributed by atoms with Crippen LogP contribution in [0.3, 0.4) is 0 Å². The van der Waals surface area contributed by atoms with Crippen LogP contribution < -0.4 is 4.74 Å². The van der Waals surface area contributed by atoms with Crippen molar-refractivity contribution >= 4 is 33.2 Å². The molecule has 0 saturated carbocycles. The van der Waals surface area contributed by atoms with E-state index in [0.29, 0.717) is 12.6 Å². The molecule has 0 unspecified atom stereocenters. The predicted octanol–water partition coefficient (Wildman–Crippen LogP) is 3.29. The van der Waals surface area contributed by atoms with Crippen LogP contribution in [0.4, 0.5) is 0 Å². The molecule has 116 valence electrons. The van der Waals surface area contributed by atoms with Crippen LogP contribution in [0, 0.1) is 6.92 Å². The largest absolute Gasteiger partial charge is 0.458 e. The van der Waals surface area contributed by atoms with Crippen molar-refractivity contribution in [3.8, 4) is 6.01 Å². The highest BCUT2D eigenvalue weighted by Crippen LogP contribution is 2.21. The minimum atomic E-state index is -0.0556. The van der Waals surface area contributed by atoms with Crippen LogP contribution in [0.5, 0.6) is 6.01 Å². The topological polar surface area (TPSA) is 55.3 Å². The standard InChI is InChI=1S/C15H16BrN3O2S/c1-10-5-13(22-9-10)14(20)19-4-2-3-12(8-19)21-15-17-6-11(16)7-18-15/h5-7,9,12H,2-4,8H2,1H3/t12-/m1/s1. The molecule has 0 radical (unpaired) electrons. The molecule has 22 heavy (non-hydrogen) atoms. The number of ether oxygens (including phenoxy) is 1. The Kier molecular flexibility index (Phi) is 4.73. The van der Waals surface area contributed by atoms with Crippen molar-refractivity contribution in [1.82, 2.24) is 14.9 Å². The number of nitrogens with zero attached hydrogens (tertiary/aromatic N) is 3. The molecule has 0 aliphatic carbocycles. The molecule has 2 aromatic rings. The molecule has 0 bridgehead atoms. The highest BCUT2D eigenvalue weighted by molar-refractivity contribution is 9.10. The highest BCUT2D eigenvalue weighted by atomic mass is 79.9. The smallest absolute Gasteiger partial charge is 0.316 e. The van der Waals surface area contributed by atoms with E-state index in [-0.39, 0.29) is 12.0 Å². The summed E-state index contributed by atoms with van der Waals surface area (Å²) in [4.78, 5) is 23.4. The molecule has 5 nitrogen and oxygen atoms in total. The summed E-state index contributed by atoms with van der Waals surface area (Å²) < 4.78 is 6.61. The van der Waals surface area contributed by atoms with Crippen LogP contribution in [0.2, 0.25) is 0 Å². The van der Waals surface area contributed by atoms with E-state index in [9.17, 15) is 4.79 Å². The number of halogens is 1. The average molecular weight is 382 g/mol. The minimum Gasteiger partial charge on any atom is -0.458 e. The van der Waals surface area contributed by atoms with Crippen LogP contribution in [-0.2, 0) is 0 Å². The summed E-state index contributed by atoms with van der Waals surface area (Å²) in [5, 5.41) is 2.00. The zero-order valence-corrected chi connectivity index (χ0v) is 14.6. The Morgan fingerprint density at radius 1 is 1.45 bits per heavy atom. The molecular weight excluding hydrogens is 366 g/mol. The lowest BCUT2D eigenvalue weighted by Crippen LogP contribution is -2.44. The van der Waals surface area contributed by atoms with E-state index in [4.69, 9.17) is 4.74 Å². The maximum atomic E-state index is 12.5. The molecule has 0 aromatic carbocycles. The lowest BCUT2D eigenvalue weighted by molar-refractivity contribution is 0.0520. The molecule has 1 atom stereocenters. The fourth-order valence-electron chi connectivity index (χ4n) is 2.43. The first-order chi connectivity index (χ1) is 10.6. The fourth-order valence-corrected chi connectivity index (χ4v) is 3.50. The van der Waals surface area contributed by atoms with E-state index >= 15 is 0 Å². The van der Waals surface area contributed by atoms with Gasteiger partial charge in [0.15, 0.2) is 0 Å². The van der Waals surface area contributed by atoms with E-state index in [1.807, 2.05) is 23.3 Å². The Hall–Kier alpha value is -1.47. The van der Waals surface area contributed by atoms with Gasteiger partial charge in [0, 0.05) is 18.9 Å². The monoisotopic (exact) mass is 381 g/mol. The number of rotatable bonds is 3. The zero-order valence-electron chi connectivity index (χ0n) is 12.2. The fraction of sp³-hybridized carbons (Fsp3) is 0.400. The third-order valence-electron chi connectivity index (χ3n) is 3.48. The number of piperidine rings is 1. The van der Waals surface area contributed by atoms with Crippen LogP contribution in [0.1, 0.15) is 28.1 Å². The quantitative estimate of drug-likeness (QED) is 0.818. The molecule has 1 aliphatic heterocycles. The summed E-state index contributed by atoms with van der Waals surface area (Å²) in [7, 11) is 0. The molecule has 1 aliphatic rings. The number of amides is 1. The van der Waals surface area contributed by atoms with Gasteiger partial charge in [0.1, 0.15) is 6.10 Å². The van der Waals surface area contributed by atoms with Gasteiger partial charge in [0.2, 0.25) is 0 Å². The molecule has 1 fully saturated rings. The second-order valence-corrected chi connectivity index (χ2v) is 7.13. The zero-order chi connectivity index (χ0) is 15.5. The Morgan fingerprint density at radius 3 is 2.91 bits per heavy atom. The van der Waals surface area contributed by atoms with Crippen molar-refractivity contribution in [2.24, 2.45) is 0 Å². The van der Waals surface area contributed by atoms with Gasteiger partial charge >= 0.3 is 6.01 Å². The van der Waals surface area contributed by atoms with Crippen LogP contribution >= 0.6 is 27.3 Å². The van der Waals surface area contributed by atoms with E-state index in [2.05, 4.69) is 25.9 Å². The Labute approximate surface area is 141 Å². The van der Waals surface area contributed by atoms with E-state index in [1.54, 1.807) is 12.4 Å². The second kappa shape index (κ2) is 6.75. The number of likely N-dealkylation sites (tertiary alicyclic amines) is 1. The van der Waals surface area contributed by atoms with Crippen LogP contribution in [-0.4, -0.2) is 40.0 Å². The molecular formula is C15H16BrN3O2S. The summed E-state index contributed by atoms with van der Waals surface area (Å²) in [5.41, 5.74) is 1.13. The number of hydrogen-bond acceptors (Lipinski definition) is 5. The Balaban J connectivity index is 1.63. The van der Waals surface area contributed by atoms with Crippen molar-refractivity contribution in [3.63, 3.8) is 0 Å². The van der Waals surface area contributed by atoms with Gasteiger partial charge in [-0.05, 0) is 52.7 Å². The third kappa shape index (κ3) is 3.64. The molecule has 2 aromatic heterocycles. The molecule has 0 N–H and O–H groups in total. The van der Waals surface area contributed by atoms with E-state index in [1.165, 1.54) is 11.3 Å². The van der Waals surface area contributed by atoms with Gasteiger partial charge in [-0.3, -0.25) is 4.79 Å². The summed E-state index contributed by atoms with van der Waals surface area (Å²) in [6.07, 6.45) is 5.09. The van der Waals surface area contributed by atoms with Gasteiger partial charge in [-0.25, -0.2) is 9.97 Å². The van der Waals surface area contributed by atoms with Crippen molar-refractivity contribution in [1.29, 1.82) is 0 Å². The van der Waals surface area contributed by atoms with Crippen molar-refractivity contribution in [3.05, 3.63) is 38.8 Å². The van der Waals surface area contributed by atoms with Gasteiger partial charge in [-0.2, -0.15) is 0 Å². The molecule has 0 spiro atoms. The van der Waals surface area contributed by atoms with Crippen molar-refractivity contribution in [2.45, 2.75) is 25.9 Å². The lowest BCUT2D eigenvalue weighted by atomic mass is 10.1. The predicted molar refractivity (Wildman–Crippen MR) is 88.3 cm³/mol. The molecule has 1 saturated heterocycles. The van der Waals surface area contributed by atoms with Gasteiger partial charge in [0.25, 0.3) is 5.91 Å². The lowest BCUT2D eigenvalue weighted by Gasteiger charge is -2.32. The van der Waals surface area contributed by atoms with Crippen LogP contribution in [0.15, 0.2) is 28.3 Å². The number of hydrogen-bond donors (Lipinski definition) is 0. The number of thiophene rings is 1. The van der Waals surface area contributed by atoms with Crippen molar-refractivity contribution < 1.29 is 9.53 Å². The summed E-state index contributed by atoms with van der Waals surface area (Å²) >= 11 is 4.79. The normalized spacial score (nSPS) is 18.3. The maximum absolute atomic E-state index is 12.5. The second-order valence-electron chi connectivity index (χ2n) is 5.31. The Morgan fingerprint density at radius 2 is 2.23 bits per heavy atom. The molecule has 3 rings (SSSR count). The van der Waals surface area contributed by atoms with Gasteiger partial charge in [-0.15, -0.1) is 11.3 Å². The van der Waals surface area contributed by atoms with Gasteiger partial charge in [0.05, 0.1) is 15.9 Å². The van der Waals surface area contributed by atoms with E-state index < -0.39 is 0 Å². The molecule has 1 amide bonds.